The highest BCUT2D eigenvalue weighted by atomic mass is 35.5. The zero-order valence-electron chi connectivity index (χ0n) is 15.2. The van der Waals surface area contributed by atoms with Gasteiger partial charge in [0.1, 0.15) is 18.1 Å². The van der Waals surface area contributed by atoms with Crippen molar-refractivity contribution < 1.29 is 32.2 Å². The molecule has 28 heavy (non-hydrogen) atoms. The summed E-state index contributed by atoms with van der Waals surface area (Å²) in [5.74, 6) is -0.266. The smallest absolute Gasteiger partial charge is 0.416 e. The lowest BCUT2D eigenvalue weighted by atomic mass is 10.1. The lowest BCUT2D eigenvalue weighted by Crippen LogP contribution is -2.21. The maximum Gasteiger partial charge on any atom is 0.416 e. The van der Waals surface area contributed by atoms with Gasteiger partial charge in [0.15, 0.2) is 6.61 Å². The Bertz CT molecular complexity index is 827. The van der Waals surface area contributed by atoms with Gasteiger partial charge < -0.3 is 19.5 Å². The molecule has 0 aromatic heterocycles. The SMILES string of the molecule is COCCOc1ccc(C(F)(F)F)cc1NC(=O)COc1cc(C)ccc1Cl. The Labute approximate surface area is 165 Å². The second-order valence-electron chi connectivity index (χ2n) is 5.82. The molecule has 2 aromatic rings. The van der Waals surface area contributed by atoms with Crippen LogP contribution in [0.15, 0.2) is 36.4 Å². The maximum absolute atomic E-state index is 13.0. The standard InChI is InChI=1S/C19H19ClF3NO4/c1-12-3-5-14(20)17(9-12)28-11-18(25)24-15-10-13(19(21,22)23)4-6-16(15)27-8-7-26-2/h3-6,9-10H,7-8,11H2,1-2H3,(H,24,25). The maximum atomic E-state index is 13.0. The van der Waals surface area contributed by atoms with Gasteiger partial charge in [-0.15, -0.1) is 0 Å². The number of methoxy groups -OCH3 is 1. The van der Waals surface area contributed by atoms with Crippen molar-refractivity contribution in [2.75, 3.05) is 32.2 Å². The van der Waals surface area contributed by atoms with Crippen LogP contribution in [-0.4, -0.2) is 32.8 Å². The van der Waals surface area contributed by atoms with Gasteiger partial charge in [0, 0.05) is 7.11 Å². The van der Waals surface area contributed by atoms with Crippen LogP contribution in [0.3, 0.4) is 0 Å². The first-order valence-electron chi connectivity index (χ1n) is 8.22. The Hall–Kier alpha value is -2.45. The van der Waals surface area contributed by atoms with Gasteiger partial charge in [0.2, 0.25) is 0 Å². The number of hydrogen-bond donors (Lipinski definition) is 1. The molecule has 0 saturated heterocycles. The number of alkyl halides is 3. The quantitative estimate of drug-likeness (QED) is 0.632. The molecule has 0 aliphatic carbocycles. The third-order valence-corrected chi connectivity index (χ3v) is 3.88. The molecule has 0 atom stereocenters. The Morgan fingerprint density at radius 1 is 1.07 bits per heavy atom. The van der Waals surface area contributed by atoms with E-state index in [4.69, 9.17) is 25.8 Å². The molecule has 0 spiro atoms. The molecule has 1 amide bonds. The van der Waals surface area contributed by atoms with Gasteiger partial charge in [-0.1, -0.05) is 17.7 Å². The molecule has 0 aliphatic rings. The third-order valence-electron chi connectivity index (χ3n) is 3.57. The van der Waals surface area contributed by atoms with Crippen molar-refractivity contribution in [1.29, 1.82) is 0 Å². The van der Waals surface area contributed by atoms with E-state index in [9.17, 15) is 18.0 Å². The second kappa shape index (κ2) is 9.66. The van der Waals surface area contributed by atoms with E-state index in [2.05, 4.69) is 5.32 Å². The van der Waals surface area contributed by atoms with Gasteiger partial charge in [-0.25, -0.2) is 0 Å². The molecular weight excluding hydrogens is 399 g/mol. The van der Waals surface area contributed by atoms with Crippen LogP contribution in [0, 0.1) is 6.92 Å². The summed E-state index contributed by atoms with van der Waals surface area (Å²) in [7, 11) is 1.46. The van der Waals surface area contributed by atoms with Gasteiger partial charge in [0.25, 0.3) is 5.91 Å². The molecule has 0 unspecified atom stereocenters. The Kier molecular flexibility index (Phi) is 7.53. The number of ether oxygens (including phenoxy) is 3. The van der Waals surface area contributed by atoms with E-state index in [1.54, 1.807) is 18.2 Å². The number of halogens is 4. The zero-order valence-corrected chi connectivity index (χ0v) is 16.0. The Morgan fingerprint density at radius 3 is 2.50 bits per heavy atom. The van der Waals surface area contributed by atoms with E-state index < -0.39 is 24.3 Å². The van der Waals surface area contributed by atoms with E-state index in [-0.39, 0.29) is 24.7 Å². The van der Waals surface area contributed by atoms with Crippen molar-refractivity contribution in [3.8, 4) is 11.5 Å². The Morgan fingerprint density at radius 2 is 1.82 bits per heavy atom. The van der Waals surface area contributed by atoms with Crippen LogP contribution >= 0.6 is 11.6 Å². The normalized spacial score (nSPS) is 11.2. The van der Waals surface area contributed by atoms with Gasteiger partial charge in [-0.2, -0.15) is 13.2 Å². The average molecular weight is 418 g/mol. The van der Waals surface area contributed by atoms with E-state index >= 15 is 0 Å². The highest BCUT2D eigenvalue weighted by Gasteiger charge is 2.31. The molecule has 0 fully saturated rings. The van der Waals surface area contributed by atoms with Gasteiger partial charge >= 0.3 is 6.18 Å². The summed E-state index contributed by atoms with van der Waals surface area (Å²) < 4.78 is 54.5. The fourth-order valence-corrected chi connectivity index (χ4v) is 2.39. The first kappa shape index (κ1) is 21.8. The van der Waals surface area contributed by atoms with Crippen molar-refractivity contribution in [2.24, 2.45) is 0 Å². The molecule has 0 saturated carbocycles. The number of benzene rings is 2. The van der Waals surface area contributed by atoms with Crippen LogP contribution in [0.2, 0.25) is 5.02 Å². The topological polar surface area (TPSA) is 56.8 Å². The number of hydrogen-bond acceptors (Lipinski definition) is 4. The summed E-state index contributed by atoms with van der Waals surface area (Å²) >= 11 is 5.99. The number of amides is 1. The average Bonchev–Trinajstić information content (AvgIpc) is 2.63. The predicted octanol–water partition coefficient (Wildman–Crippen LogP) is 4.71. The van der Waals surface area contributed by atoms with Crippen LogP contribution in [0.25, 0.3) is 0 Å². The zero-order chi connectivity index (χ0) is 20.7. The van der Waals surface area contributed by atoms with E-state index in [0.29, 0.717) is 10.8 Å². The van der Waals surface area contributed by atoms with Crippen LogP contribution in [0.5, 0.6) is 11.5 Å². The fourth-order valence-electron chi connectivity index (χ4n) is 2.22. The molecule has 0 radical (unpaired) electrons. The summed E-state index contributed by atoms with van der Waals surface area (Å²) in [6.45, 7) is 1.75. The first-order valence-corrected chi connectivity index (χ1v) is 8.60. The summed E-state index contributed by atoms with van der Waals surface area (Å²) in [6.07, 6.45) is -4.56. The second-order valence-corrected chi connectivity index (χ2v) is 6.23. The first-order chi connectivity index (χ1) is 13.2. The molecular formula is C19H19ClF3NO4. The molecule has 2 aromatic carbocycles. The van der Waals surface area contributed by atoms with E-state index in [1.807, 2.05) is 6.92 Å². The summed E-state index contributed by atoms with van der Waals surface area (Å²) in [4.78, 5) is 12.2. The number of rotatable bonds is 8. The van der Waals surface area contributed by atoms with E-state index in [1.165, 1.54) is 7.11 Å². The molecule has 9 heteroatoms. The van der Waals surface area contributed by atoms with Crippen molar-refractivity contribution >= 4 is 23.2 Å². The minimum atomic E-state index is -4.56. The van der Waals surface area contributed by atoms with Gasteiger partial charge in [-0.3, -0.25) is 4.79 Å². The van der Waals surface area contributed by atoms with E-state index in [0.717, 1.165) is 23.8 Å². The van der Waals surface area contributed by atoms with Crippen LogP contribution in [0.1, 0.15) is 11.1 Å². The van der Waals surface area contributed by atoms with Crippen LogP contribution in [-0.2, 0) is 15.7 Å². The minimum Gasteiger partial charge on any atom is -0.489 e. The lowest BCUT2D eigenvalue weighted by Gasteiger charge is -2.15. The third kappa shape index (κ3) is 6.31. The van der Waals surface area contributed by atoms with Crippen molar-refractivity contribution in [3.05, 3.63) is 52.5 Å². The summed E-state index contributed by atoms with van der Waals surface area (Å²) in [5, 5.41) is 2.70. The predicted molar refractivity (Wildman–Crippen MR) is 99.1 cm³/mol. The molecule has 152 valence electrons. The number of anilines is 1. The summed E-state index contributed by atoms with van der Waals surface area (Å²) in [5.41, 5.74) is -0.147. The van der Waals surface area contributed by atoms with Crippen molar-refractivity contribution in [3.63, 3.8) is 0 Å². The summed E-state index contributed by atoms with van der Waals surface area (Å²) in [6, 6.07) is 7.88. The number of aryl methyl sites for hydroxylation is 1. The highest BCUT2D eigenvalue weighted by Crippen LogP contribution is 2.35. The molecule has 0 bridgehead atoms. The van der Waals surface area contributed by atoms with Gasteiger partial charge in [-0.05, 0) is 42.8 Å². The fraction of sp³-hybridized carbons (Fsp3) is 0.316. The largest absolute Gasteiger partial charge is 0.489 e. The Balaban J connectivity index is 2.12. The lowest BCUT2D eigenvalue weighted by molar-refractivity contribution is -0.137. The van der Waals surface area contributed by atoms with Crippen LogP contribution in [0.4, 0.5) is 18.9 Å². The molecule has 5 nitrogen and oxygen atoms in total. The molecule has 0 aliphatic heterocycles. The number of carbonyl (C=O) groups is 1. The molecule has 0 heterocycles. The van der Waals surface area contributed by atoms with Crippen molar-refractivity contribution in [2.45, 2.75) is 13.1 Å². The highest BCUT2D eigenvalue weighted by molar-refractivity contribution is 6.32. The number of carbonyl (C=O) groups excluding carboxylic acids is 1. The van der Waals surface area contributed by atoms with Crippen molar-refractivity contribution in [1.82, 2.24) is 0 Å². The monoisotopic (exact) mass is 417 g/mol. The van der Waals surface area contributed by atoms with Crippen LogP contribution < -0.4 is 14.8 Å². The van der Waals surface area contributed by atoms with Gasteiger partial charge in [0.05, 0.1) is 22.9 Å². The minimum absolute atomic E-state index is 0.0898. The molecule has 1 N–H and O–H groups in total. The number of nitrogens with one attached hydrogen (secondary N) is 1. The molecule has 2 rings (SSSR count).